The molecule has 0 saturated carbocycles. The summed E-state index contributed by atoms with van der Waals surface area (Å²) in [6.07, 6.45) is -0.988. The molecule has 0 spiro atoms. The van der Waals surface area contributed by atoms with Crippen LogP contribution in [0.5, 0.6) is 0 Å². The monoisotopic (exact) mass is 211 g/mol. The lowest BCUT2D eigenvalue weighted by Crippen LogP contribution is -2.37. The first-order valence-electron chi connectivity index (χ1n) is 4.39. The average molecular weight is 211 g/mol. The predicted molar refractivity (Wildman–Crippen MR) is 53.0 cm³/mol. The molecule has 1 aromatic carbocycles. The van der Waals surface area contributed by atoms with Crippen molar-refractivity contribution in [3.05, 3.63) is 35.9 Å². The summed E-state index contributed by atoms with van der Waals surface area (Å²) in [6, 6.07) is 8.44. The Labute approximate surface area is 87.1 Å². The number of nitrogens with two attached hydrogens (primary N) is 1. The highest BCUT2D eigenvalue weighted by atomic mass is 16.6. The van der Waals surface area contributed by atoms with Crippen LogP contribution in [0, 0.1) is 0 Å². The van der Waals surface area contributed by atoms with E-state index in [1.165, 1.54) is 0 Å². The summed E-state index contributed by atoms with van der Waals surface area (Å²) >= 11 is 0. The van der Waals surface area contributed by atoms with E-state index in [4.69, 9.17) is 10.8 Å². The Bertz CT molecular complexity index is 327. The van der Waals surface area contributed by atoms with E-state index >= 15 is 0 Å². The number of carbonyl (C=O) groups is 1. The summed E-state index contributed by atoms with van der Waals surface area (Å²) in [7, 11) is 0. The number of amides is 1. The summed E-state index contributed by atoms with van der Waals surface area (Å²) in [6.45, 7) is -0.923. The van der Waals surface area contributed by atoms with Gasteiger partial charge in [-0.3, -0.25) is 0 Å². The topological polar surface area (TPSA) is 92.8 Å². The number of aliphatic hydroxyl groups is 2. The minimum Gasteiger partial charge on any atom is -0.446 e. The number of carbonyl (C=O) groups excluding carboxylic acids is 1. The van der Waals surface area contributed by atoms with Crippen molar-refractivity contribution in [1.82, 2.24) is 0 Å². The SMILES string of the molecule is NC(=O)OCC(O)(CO)c1ccccc1. The molecule has 1 rings (SSSR count). The van der Waals surface area contributed by atoms with Crippen LogP contribution >= 0.6 is 0 Å². The molecule has 0 saturated heterocycles. The Hall–Kier alpha value is -1.59. The van der Waals surface area contributed by atoms with Gasteiger partial charge in [0, 0.05) is 0 Å². The molecule has 1 atom stereocenters. The smallest absolute Gasteiger partial charge is 0.404 e. The van der Waals surface area contributed by atoms with Crippen LogP contribution in [0.15, 0.2) is 30.3 Å². The van der Waals surface area contributed by atoms with E-state index < -0.39 is 18.3 Å². The molecule has 1 unspecified atom stereocenters. The van der Waals surface area contributed by atoms with E-state index in [0.29, 0.717) is 5.56 Å². The molecule has 1 aromatic rings. The van der Waals surface area contributed by atoms with E-state index in [1.54, 1.807) is 30.3 Å². The molecular weight excluding hydrogens is 198 g/mol. The lowest BCUT2D eigenvalue weighted by atomic mass is 9.96. The minimum absolute atomic E-state index is 0.372. The first-order valence-corrected chi connectivity index (χ1v) is 4.39. The molecule has 5 nitrogen and oxygen atoms in total. The van der Waals surface area contributed by atoms with Gasteiger partial charge < -0.3 is 20.7 Å². The van der Waals surface area contributed by atoms with Gasteiger partial charge in [-0.25, -0.2) is 4.79 Å². The zero-order valence-corrected chi connectivity index (χ0v) is 8.09. The van der Waals surface area contributed by atoms with E-state index in [0.717, 1.165) is 0 Å². The molecule has 5 heteroatoms. The van der Waals surface area contributed by atoms with Crippen molar-refractivity contribution in [2.24, 2.45) is 5.73 Å². The van der Waals surface area contributed by atoms with Gasteiger partial charge in [-0.05, 0) is 5.56 Å². The second kappa shape index (κ2) is 4.77. The molecule has 0 aromatic heterocycles. The highest BCUT2D eigenvalue weighted by Gasteiger charge is 2.29. The van der Waals surface area contributed by atoms with Gasteiger partial charge in [-0.15, -0.1) is 0 Å². The van der Waals surface area contributed by atoms with Crippen molar-refractivity contribution in [1.29, 1.82) is 0 Å². The fourth-order valence-electron chi connectivity index (χ4n) is 1.16. The molecule has 1 amide bonds. The number of hydrogen-bond donors (Lipinski definition) is 3. The third-order valence-electron chi connectivity index (χ3n) is 2.03. The van der Waals surface area contributed by atoms with Gasteiger partial charge in [0.1, 0.15) is 12.2 Å². The fraction of sp³-hybridized carbons (Fsp3) is 0.300. The predicted octanol–water partition coefficient (Wildman–Crippen LogP) is -0.0382. The number of hydrogen-bond acceptors (Lipinski definition) is 4. The van der Waals surface area contributed by atoms with Gasteiger partial charge in [0.05, 0.1) is 6.61 Å². The molecule has 4 N–H and O–H groups in total. The zero-order chi connectivity index (χ0) is 11.3. The minimum atomic E-state index is -1.60. The zero-order valence-electron chi connectivity index (χ0n) is 8.09. The van der Waals surface area contributed by atoms with Gasteiger partial charge in [0.25, 0.3) is 0 Å². The summed E-state index contributed by atoms with van der Waals surface area (Å²) in [5, 5.41) is 19.0. The van der Waals surface area contributed by atoms with E-state index in [1.807, 2.05) is 0 Å². The maximum absolute atomic E-state index is 10.4. The van der Waals surface area contributed by atoms with Crippen LogP contribution in [0.25, 0.3) is 0 Å². The Morgan fingerprint density at radius 2 is 2.00 bits per heavy atom. The molecule has 0 heterocycles. The number of benzene rings is 1. The number of rotatable bonds is 4. The number of ether oxygens (including phenoxy) is 1. The van der Waals surface area contributed by atoms with Crippen molar-refractivity contribution < 1.29 is 19.7 Å². The van der Waals surface area contributed by atoms with Crippen molar-refractivity contribution in [2.45, 2.75) is 5.60 Å². The molecular formula is C10H13NO4. The van der Waals surface area contributed by atoms with Crippen LogP contribution in [0.4, 0.5) is 4.79 Å². The Morgan fingerprint density at radius 1 is 1.40 bits per heavy atom. The largest absolute Gasteiger partial charge is 0.446 e. The van der Waals surface area contributed by atoms with Gasteiger partial charge >= 0.3 is 6.09 Å². The van der Waals surface area contributed by atoms with Crippen LogP contribution in [0.3, 0.4) is 0 Å². The van der Waals surface area contributed by atoms with Gasteiger partial charge in [0.15, 0.2) is 0 Å². The molecule has 0 aliphatic rings. The molecule has 15 heavy (non-hydrogen) atoms. The first-order chi connectivity index (χ1) is 7.08. The average Bonchev–Trinajstić information content (AvgIpc) is 2.27. The molecule has 82 valence electrons. The third kappa shape index (κ3) is 2.93. The highest BCUT2D eigenvalue weighted by Crippen LogP contribution is 2.20. The highest BCUT2D eigenvalue weighted by molar-refractivity contribution is 5.64. The summed E-state index contributed by atoms with van der Waals surface area (Å²) in [5.41, 5.74) is 3.64. The molecule has 0 aliphatic carbocycles. The summed E-state index contributed by atoms with van der Waals surface area (Å²) in [5.74, 6) is 0. The van der Waals surface area contributed by atoms with Crippen LogP contribution in [0.2, 0.25) is 0 Å². The molecule has 0 radical (unpaired) electrons. The standard InChI is InChI=1S/C10H13NO4/c11-9(13)15-7-10(14,6-12)8-4-2-1-3-5-8/h1-5,12,14H,6-7H2,(H2,11,13). The lowest BCUT2D eigenvalue weighted by molar-refractivity contribution is -0.0623. The molecule has 0 bridgehead atoms. The molecule has 0 aliphatic heterocycles. The van der Waals surface area contributed by atoms with E-state index in [-0.39, 0.29) is 6.61 Å². The summed E-state index contributed by atoms with van der Waals surface area (Å²) < 4.78 is 4.48. The maximum Gasteiger partial charge on any atom is 0.404 e. The van der Waals surface area contributed by atoms with E-state index in [9.17, 15) is 9.90 Å². The fourth-order valence-corrected chi connectivity index (χ4v) is 1.16. The normalized spacial score (nSPS) is 14.3. The Kier molecular flexibility index (Phi) is 3.65. The van der Waals surface area contributed by atoms with Gasteiger partial charge in [-0.2, -0.15) is 0 Å². The first kappa shape index (κ1) is 11.5. The van der Waals surface area contributed by atoms with Crippen molar-refractivity contribution in [3.63, 3.8) is 0 Å². The Morgan fingerprint density at radius 3 is 2.47 bits per heavy atom. The van der Waals surface area contributed by atoms with Gasteiger partial charge in [-0.1, -0.05) is 30.3 Å². The van der Waals surface area contributed by atoms with Crippen molar-refractivity contribution >= 4 is 6.09 Å². The van der Waals surface area contributed by atoms with E-state index in [2.05, 4.69) is 4.74 Å². The van der Waals surface area contributed by atoms with Gasteiger partial charge in [0.2, 0.25) is 0 Å². The number of primary amides is 1. The quantitative estimate of drug-likeness (QED) is 0.651. The van der Waals surface area contributed by atoms with Crippen molar-refractivity contribution in [2.75, 3.05) is 13.2 Å². The van der Waals surface area contributed by atoms with Crippen molar-refractivity contribution in [3.8, 4) is 0 Å². The third-order valence-corrected chi connectivity index (χ3v) is 2.03. The van der Waals surface area contributed by atoms with Crippen LogP contribution in [0.1, 0.15) is 5.56 Å². The molecule has 0 fully saturated rings. The second-order valence-electron chi connectivity index (χ2n) is 3.16. The van der Waals surface area contributed by atoms with Crippen LogP contribution in [-0.4, -0.2) is 29.5 Å². The summed E-state index contributed by atoms with van der Waals surface area (Å²) in [4.78, 5) is 10.4. The van der Waals surface area contributed by atoms with Crippen LogP contribution < -0.4 is 5.73 Å². The second-order valence-corrected chi connectivity index (χ2v) is 3.16. The Balaban J connectivity index is 2.80. The van der Waals surface area contributed by atoms with Crippen LogP contribution in [-0.2, 0) is 10.3 Å². The number of aliphatic hydroxyl groups excluding tert-OH is 1. The maximum atomic E-state index is 10.4. The lowest BCUT2D eigenvalue weighted by Gasteiger charge is -2.25.